The van der Waals surface area contributed by atoms with Crippen LogP contribution in [0.4, 0.5) is 5.69 Å². The van der Waals surface area contributed by atoms with Gasteiger partial charge in [-0.2, -0.15) is 0 Å². The van der Waals surface area contributed by atoms with Crippen LogP contribution in [-0.2, 0) is 6.61 Å². The van der Waals surface area contributed by atoms with Gasteiger partial charge in [-0.25, -0.2) is 0 Å². The third kappa shape index (κ3) is 2.35. The van der Waals surface area contributed by atoms with Gasteiger partial charge in [0.1, 0.15) is 0 Å². The fourth-order valence-corrected chi connectivity index (χ4v) is 2.50. The number of rotatable bonds is 3. The highest BCUT2D eigenvalue weighted by Crippen LogP contribution is 2.26. The molecule has 16 heavy (non-hydrogen) atoms. The molecule has 3 nitrogen and oxygen atoms in total. The molecule has 1 fully saturated rings. The van der Waals surface area contributed by atoms with Crippen molar-refractivity contribution in [2.75, 3.05) is 11.4 Å². The Bertz CT molecular complexity index is 340. The lowest BCUT2D eigenvalue weighted by Gasteiger charge is -2.37. The zero-order valence-electron chi connectivity index (χ0n) is 9.89. The van der Waals surface area contributed by atoms with Gasteiger partial charge in [0.25, 0.3) is 0 Å². The van der Waals surface area contributed by atoms with E-state index in [1.54, 1.807) is 6.20 Å². The lowest BCUT2D eigenvalue weighted by molar-refractivity contribution is 0.277. The summed E-state index contributed by atoms with van der Waals surface area (Å²) in [5.41, 5.74) is 1.98. The minimum Gasteiger partial charge on any atom is -0.390 e. The van der Waals surface area contributed by atoms with Gasteiger partial charge < -0.3 is 10.0 Å². The average molecular weight is 220 g/mol. The number of pyridine rings is 1. The first-order chi connectivity index (χ1) is 7.85. The summed E-state index contributed by atoms with van der Waals surface area (Å²) >= 11 is 0. The highest BCUT2D eigenvalue weighted by atomic mass is 16.3. The number of hydrogen-bond acceptors (Lipinski definition) is 3. The number of aliphatic hydroxyl groups excluding tert-OH is 1. The molecule has 0 bridgehead atoms. The normalized spacial score (nSPS) is 21.1. The molecular weight excluding hydrogens is 200 g/mol. The van der Waals surface area contributed by atoms with E-state index < -0.39 is 0 Å². The lowest BCUT2D eigenvalue weighted by Crippen LogP contribution is -2.39. The van der Waals surface area contributed by atoms with Gasteiger partial charge in [-0.3, -0.25) is 4.98 Å². The van der Waals surface area contributed by atoms with Gasteiger partial charge in [0.05, 0.1) is 12.3 Å². The second kappa shape index (κ2) is 5.30. The zero-order chi connectivity index (χ0) is 11.4. The minimum atomic E-state index is 0.0263. The predicted molar refractivity (Wildman–Crippen MR) is 65.4 cm³/mol. The van der Waals surface area contributed by atoms with Crippen LogP contribution in [0.3, 0.4) is 0 Å². The molecule has 2 rings (SSSR count). The number of hydrogen-bond donors (Lipinski definition) is 1. The van der Waals surface area contributed by atoms with Crippen molar-refractivity contribution in [1.82, 2.24) is 4.98 Å². The first-order valence-corrected chi connectivity index (χ1v) is 6.17. The minimum absolute atomic E-state index is 0.0263. The molecule has 0 amide bonds. The van der Waals surface area contributed by atoms with Crippen LogP contribution in [0.15, 0.2) is 18.3 Å². The van der Waals surface area contributed by atoms with Gasteiger partial charge in [-0.05, 0) is 37.8 Å². The van der Waals surface area contributed by atoms with Crippen LogP contribution in [0, 0.1) is 0 Å². The van der Waals surface area contributed by atoms with Crippen LogP contribution in [0.2, 0.25) is 0 Å². The van der Waals surface area contributed by atoms with Crippen molar-refractivity contribution >= 4 is 5.69 Å². The van der Waals surface area contributed by atoms with E-state index in [2.05, 4.69) is 16.8 Å². The number of aliphatic hydroxyl groups is 1. The van der Waals surface area contributed by atoms with Gasteiger partial charge in [0.2, 0.25) is 0 Å². The van der Waals surface area contributed by atoms with Gasteiger partial charge in [0.15, 0.2) is 0 Å². The van der Waals surface area contributed by atoms with Gasteiger partial charge in [-0.15, -0.1) is 0 Å². The van der Waals surface area contributed by atoms with Crippen molar-refractivity contribution in [1.29, 1.82) is 0 Å². The highest BCUT2D eigenvalue weighted by molar-refractivity contribution is 5.47. The van der Waals surface area contributed by atoms with Crippen LogP contribution in [0.5, 0.6) is 0 Å². The average Bonchev–Trinajstić information content (AvgIpc) is 2.38. The number of piperidine rings is 1. The smallest absolute Gasteiger partial charge is 0.0853 e. The molecule has 1 aliphatic rings. The number of anilines is 1. The molecule has 0 aromatic carbocycles. The van der Waals surface area contributed by atoms with Gasteiger partial charge >= 0.3 is 0 Å². The Morgan fingerprint density at radius 1 is 1.50 bits per heavy atom. The third-order valence-electron chi connectivity index (χ3n) is 3.39. The first kappa shape index (κ1) is 11.4. The van der Waals surface area contributed by atoms with E-state index in [1.165, 1.54) is 31.4 Å². The zero-order valence-corrected chi connectivity index (χ0v) is 9.89. The predicted octanol–water partition coefficient (Wildman–Crippen LogP) is 2.34. The standard InChI is InChI=1S/C13H20N2O/c1-2-12-5-3-4-8-15(12)13-6-7-14-11(9-13)10-16/h6-7,9,12,16H,2-5,8,10H2,1H3. The Morgan fingerprint density at radius 2 is 2.38 bits per heavy atom. The first-order valence-electron chi connectivity index (χ1n) is 6.17. The summed E-state index contributed by atoms with van der Waals surface area (Å²) in [5, 5.41) is 9.10. The van der Waals surface area contributed by atoms with Crippen LogP contribution in [-0.4, -0.2) is 22.7 Å². The quantitative estimate of drug-likeness (QED) is 0.849. The van der Waals surface area contributed by atoms with Crippen molar-refractivity contribution in [3.05, 3.63) is 24.0 Å². The molecule has 3 heteroatoms. The number of aromatic nitrogens is 1. The van der Waals surface area contributed by atoms with Crippen molar-refractivity contribution in [2.45, 2.75) is 45.3 Å². The van der Waals surface area contributed by atoms with E-state index >= 15 is 0 Å². The Kier molecular flexibility index (Phi) is 3.78. The second-order valence-corrected chi connectivity index (χ2v) is 4.41. The molecule has 2 heterocycles. The van der Waals surface area contributed by atoms with E-state index in [-0.39, 0.29) is 6.61 Å². The molecule has 1 aromatic heterocycles. The van der Waals surface area contributed by atoms with E-state index in [4.69, 9.17) is 5.11 Å². The van der Waals surface area contributed by atoms with Gasteiger partial charge in [0, 0.05) is 24.5 Å². The van der Waals surface area contributed by atoms with Gasteiger partial charge in [-0.1, -0.05) is 6.92 Å². The largest absolute Gasteiger partial charge is 0.390 e. The molecule has 1 N–H and O–H groups in total. The highest BCUT2D eigenvalue weighted by Gasteiger charge is 2.21. The molecule has 0 radical (unpaired) electrons. The Hall–Kier alpha value is -1.09. The second-order valence-electron chi connectivity index (χ2n) is 4.41. The monoisotopic (exact) mass is 220 g/mol. The molecule has 0 saturated carbocycles. The summed E-state index contributed by atoms with van der Waals surface area (Å²) in [6.07, 6.45) is 6.88. The fraction of sp³-hybridized carbons (Fsp3) is 0.615. The van der Waals surface area contributed by atoms with Crippen molar-refractivity contribution in [2.24, 2.45) is 0 Å². The summed E-state index contributed by atoms with van der Waals surface area (Å²) in [5.74, 6) is 0. The molecule has 1 saturated heterocycles. The maximum Gasteiger partial charge on any atom is 0.0853 e. The van der Waals surface area contributed by atoms with E-state index in [0.29, 0.717) is 6.04 Å². The van der Waals surface area contributed by atoms with Crippen molar-refractivity contribution in [3.8, 4) is 0 Å². The van der Waals surface area contributed by atoms with Crippen LogP contribution in [0.1, 0.15) is 38.3 Å². The summed E-state index contributed by atoms with van der Waals surface area (Å²) in [4.78, 5) is 6.59. The van der Waals surface area contributed by atoms with E-state index in [0.717, 1.165) is 12.2 Å². The van der Waals surface area contributed by atoms with Crippen LogP contribution < -0.4 is 4.90 Å². The maximum absolute atomic E-state index is 9.10. The molecule has 1 aliphatic heterocycles. The maximum atomic E-state index is 9.10. The van der Waals surface area contributed by atoms with Crippen molar-refractivity contribution in [3.63, 3.8) is 0 Å². The Morgan fingerprint density at radius 3 is 3.12 bits per heavy atom. The Balaban J connectivity index is 2.20. The lowest BCUT2D eigenvalue weighted by atomic mass is 9.99. The molecule has 1 aromatic rings. The topological polar surface area (TPSA) is 36.4 Å². The SMILES string of the molecule is CCC1CCCCN1c1ccnc(CO)c1. The summed E-state index contributed by atoms with van der Waals surface area (Å²) in [6, 6.07) is 4.71. The number of nitrogens with zero attached hydrogens (tertiary/aromatic N) is 2. The summed E-state index contributed by atoms with van der Waals surface area (Å²) in [7, 11) is 0. The molecule has 0 spiro atoms. The molecular formula is C13H20N2O. The van der Waals surface area contributed by atoms with E-state index in [1.807, 2.05) is 12.1 Å². The summed E-state index contributed by atoms with van der Waals surface area (Å²) in [6.45, 7) is 3.41. The fourth-order valence-electron chi connectivity index (χ4n) is 2.50. The Labute approximate surface area is 97.1 Å². The molecule has 88 valence electrons. The van der Waals surface area contributed by atoms with E-state index in [9.17, 15) is 0 Å². The molecule has 1 atom stereocenters. The molecule has 1 unspecified atom stereocenters. The molecule has 0 aliphatic carbocycles. The van der Waals surface area contributed by atoms with Crippen LogP contribution >= 0.6 is 0 Å². The summed E-state index contributed by atoms with van der Waals surface area (Å²) < 4.78 is 0. The van der Waals surface area contributed by atoms with Crippen LogP contribution in [0.25, 0.3) is 0 Å². The van der Waals surface area contributed by atoms with Crippen molar-refractivity contribution < 1.29 is 5.11 Å². The third-order valence-corrected chi connectivity index (χ3v) is 3.39.